The van der Waals surface area contributed by atoms with E-state index in [-0.39, 0.29) is 17.5 Å². The number of likely N-dealkylation sites (tertiary alicyclic amines) is 1. The summed E-state index contributed by atoms with van der Waals surface area (Å²) in [6.45, 7) is 6.05. The van der Waals surface area contributed by atoms with Crippen molar-refractivity contribution in [3.05, 3.63) is 52.6 Å². The fraction of sp³-hybridized carbons (Fsp3) is 0.519. The predicted octanol–water partition coefficient (Wildman–Crippen LogP) is 6.97. The lowest BCUT2D eigenvalue weighted by atomic mass is 9.79. The molecular formula is C27H33F4N7. The minimum Gasteiger partial charge on any atom is -0.323 e. The molecule has 0 spiro atoms. The van der Waals surface area contributed by atoms with Gasteiger partial charge in [-0.25, -0.2) is 9.37 Å². The van der Waals surface area contributed by atoms with E-state index in [1.54, 1.807) is 25.1 Å². The van der Waals surface area contributed by atoms with Crippen molar-refractivity contribution >= 4 is 23.3 Å². The van der Waals surface area contributed by atoms with Crippen LogP contribution in [0.25, 0.3) is 0 Å². The van der Waals surface area contributed by atoms with Crippen LogP contribution in [0.1, 0.15) is 73.2 Å². The highest BCUT2D eigenvalue weighted by Crippen LogP contribution is 2.39. The summed E-state index contributed by atoms with van der Waals surface area (Å²) >= 11 is 0. The third-order valence-electron chi connectivity index (χ3n) is 7.69. The van der Waals surface area contributed by atoms with Crippen LogP contribution >= 0.6 is 0 Å². The number of hydrogen-bond donors (Lipinski definition) is 3. The molecular weight excluding hydrogens is 498 g/mol. The fourth-order valence-electron chi connectivity index (χ4n) is 5.74. The van der Waals surface area contributed by atoms with Crippen molar-refractivity contribution in [2.24, 2.45) is 0 Å². The van der Waals surface area contributed by atoms with Crippen molar-refractivity contribution in [3.8, 4) is 0 Å². The molecule has 1 aromatic carbocycles. The second-order valence-electron chi connectivity index (χ2n) is 10.4. The molecule has 1 aliphatic heterocycles. The molecule has 2 fully saturated rings. The lowest BCUT2D eigenvalue weighted by molar-refractivity contribution is -0.137. The molecule has 0 radical (unpaired) electrons. The van der Waals surface area contributed by atoms with E-state index in [2.05, 4.69) is 35.7 Å². The third-order valence-corrected chi connectivity index (χ3v) is 7.69. The fourth-order valence-corrected chi connectivity index (χ4v) is 5.74. The first kappa shape index (κ1) is 26.4. The first-order chi connectivity index (χ1) is 18.2. The Morgan fingerprint density at radius 2 is 1.71 bits per heavy atom. The molecule has 1 saturated heterocycles. The Bertz CT molecular complexity index is 1260. The zero-order chi connectivity index (χ0) is 26.9. The highest BCUT2D eigenvalue weighted by Gasteiger charge is 2.36. The molecule has 2 aliphatic rings. The van der Waals surface area contributed by atoms with Crippen LogP contribution in [-0.4, -0.2) is 44.2 Å². The second kappa shape index (κ2) is 10.9. The summed E-state index contributed by atoms with van der Waals surface area (Å²) in [5.41, 5.74) is 1.68. The van der Waals surface area contributed by atoms with Crippen molar-refractivity contribution in [1.82, 2.24) is 25.1 Å². The summed E-state index contributed by atoms with van der Waals surface area (Å²) < 4.78 is 55.9. The van der Waals surface area contributed by atoms with Gasteiger partial charge in [-0.2, -0.15) is 23.3 Å². The number of aromatic amines is 1. The van der Waals surface area contributed by atoms with Crippen LogP contribution in [0, 0.1) is 19.7 Å². The van der Waals surface area contributed by atoms with Crippen molar-refractivity contribution < 1.29 is 17.6 Å². The average molecular weight is 532 g/mol. The molecule has 3 N–H and O–H groups in total. The van der Waals surface area contributed by atoms with Gasteiger partial charge in [0.05, 0.1) is 5.69 Å². The van der Waals surface area contributed by atoms with E-state index < -0.39 is 23.4 Å². The third kappa shape index (κ3) is 5.92. The Hall–Kier alpha value is -3.21. The van der Waals surface area contributed by atoms with Crippen LogP contribution in [-0.2, 0) is 6.18 Å². The largest absolute Gasteiger partial charge is 0.421 e. The van der Waals surface area contributed by atoms with Gasteiger partial charge in [-0.1, -0.05) is 6.42 Å². The summed E-state index contributed by atoms with van der Waals surface area (Å²) in [6.07, 6.45) is 4.18. The zero-order valence-electron chi connectivity index (χ0n) is 21.6. The van der Waals surface area contributed by atoms with Gasteiger partial charge in [0.1, 0.15) is 17.2 Å². The Morgan fingerprint density at radius 3 is 2.37 bits per heavy atom. The number of aryl methyl sites for hydroxylation is 2. The van der Waals surface area contributed by atoms with Gasteiger partial charge in [0, 0.05) is 24.0 Å². The first-order valence-corrected chi connectivity index (χ1v) is 13.2. The van der Waals surface area contributed by atoms with Crippen LogP contribution < -0.4 is 10.6 Å². The van der Waals surface area contributed by atoms with Gasteiger partial charge in [-0.3, -0.25) is 5.10 Å². The van der Waals surface area contributed by atoms with Crippen molar-refractivity contribution in [1.29, 1.82) is 0 Å². The number of nitrogens with one attached hydrogen (secondary N) is 3. The quantitative estimate of drug-likeness (QED) is 0.298. The monoisotopic (exact) mass is 531 g/mol. The summed E-state index contributed by atoms with van der Waals surface area (Å²) in [4.78, 5) is 10.4. The molecule has 0 amide bonds. The second-order valence-corrected chi connectivity index (χ2v) is 10.4. The Balaban J connectivity index is 1.31. The number of rotatable bonds is 6. The zero-order valence-corrected chi connectivity index (χ0v) is 21.6. The number of H-pyrrole nitrogens is 1. The van der Waals surface area contributed by atoms with E-state index in [0.29, 0.717) is 23.9 Å². The smallest absolute Gasteiger partial charge is 0.323 e. The molecule has 0 unspecified atom stereocenters. The minimum atomic E-state index is -4.68. The lowest BCUT2D eigenvalue weighted by Crippen LogP contribution is -2.41. The van der Waals surface area contributed by atoms with E-state index >= 15 is 4.39 Å². The molecule has 1 saturated carbocycles. The number of halogens is 4. The van der Waals surface area contributed by atoms with Crippen molar-refractivity contribution in [2.75, 3.05) is 23.7 Å². The number of aromatic nitrogens is 4. The van der Waals surface area contributed by atoms with Crippen LogP contribution in [0.5, 0.6) is 0 Å². The van der Waals surface area contributed by atoms with Crippen LogP contribution in [0.15, 0.2) is 24.4 Å². The Kier molecular flexibility index (Phi) is 7.56. The van der Waals surface area contributed by atoms with Crippen molar-refractivity contribution in [3.63, 3.8) is 0 Å². The highest BCUT2D eigenvalue weighted by molar-refractivity contribution is 5.62. The topological polar surface area (TPSA) is 81.8 Å². The van der Waals surface area contributed by atoms with Gasteiger partial charge < -0.3 is 15.5 Å². The van der Waals surface area contributed by atoms with Crippen LogP contribution in [0.2, 0.25) is 0 Å². The number of benzene rings is 1. The van der Waals surface area contributed by atoms with Gasteiger partial charge >= 0.3 is 6.18 Å². The average Bonchev–Trinajstić information content (AvgIpc) is 3.30. The number of nitrogens with zero attached hydrogens (tertiary/aromatic N) is 4. The molecule has 0 atom stereocenters. The summed E-state index contributed by atoms with van der Waals surface area (Å²) in [6, 6.07) is 5.42. The summed E-state index contributed by atoms with van der Waals surface area (Å²) in [5.74, 6) is -0.625. The van der Waals surface area contributed by atoms with Gasteiger partial charge in [0.2, 0.25) is 5.95 Å². The summed E-state index contributed by atoms with van der Waals surface area (Å²) in [7, 11) is 0. The van der Waals surface area contributed by atoms with Gasteiger partial charge in [-0.15, -0.1) is 0 Å². The Labute approximate surface area is 219 Å². The Morgan fingerprint density at radius 1 is 0.974 bits per heavy atom. The van der Waals surface area contributed by atoms with Gasteiger partial charge in [-0.05, 0) is 94.6 Å². The molecule has 5 rings (SSSR count). The number of anilines is 4. The van der Waals surface area contributed by atoms with E-state index in [1.807, 2.05) is 6.92 Å². The van der Waals surface area contributed by atoms with E-state index in [4.69, 9.17) is 0 Å². The maximum Gasteiger partial charge on any atom is 0.421 e. The molecule has 7 nitrogen and oxygen atoms in total. The maximum atomic E-state index is 15.2. The van der Waals surface area contributed by atoms with Gasteiger partial charge in [0.25, 0.3) is 0 Å². The maximum absolute atomic E-state index is 15.2. The molecule has 3 aromatic rings. The summed E-state index contributed by atoms with van der Waals surface area (Å²) in [5, 5.41) is 11.9. The SMILES string of the molecule is Cc1cc(Nc2nc(Nc3cc(C)c([C@H]4CC[C@H](N5CCCCC5)CC4)cc3F)ncc2C(F)(F)F)n[nH]1. The first-order valence-electron chi connectivity index (χ1n) is 13.2. The normalized spacial score (nSPS) is 20.9. The standard InChI is InChI=1S/C27H33F4N7/c1-16-12-23(22(28)14-20(16)18-6-8-19(9-7-18)38-10-4-3-5-11-38)33-26-32-15-21(27(29,30)31)25(35-26)34-24-13-17(2)36-37-24/h12-15,18-19H,3-11H2,1-2H3,(H3,32,33,34,35,36,37)/t18-,19-. The van der Waals surface area contributed by atoms with E-state index in [1.165, 1.54) is 32.4 Å². The molecule has 204 valence electrons. The molecule has 0 bridgehead atoms. The predicted molar refractivity (Wildman–Crippen MR) is 138 cm³/mol. The lowest BCUT2D eigenvalue weighted by Gasteiger charge is -2.39. The minimum absolute atomic E-state index is 0.120. The molecule has 1 aliphatic carbocycles. The van der Waals surface area contributed by atoms with Crippen molar-refractivity contribution in [2.45, 2.75) is 76.9 Å². The molecule has 38 heavy (non-hydrogen) atoms. The highest BCUT2D eigenvalue weighted by atomic mass is 19.4. The molecule has 3 heterocycles. The van der Waals surface area contributed by atoms with E-state index in [9.17, 15) is 13.2 Å². The molecule has 2 aromatic heterocycles. The number of piperidine rings is 1. The number of alkyl halides is 3. The van der Waals surface area contributed by atoms with Crippen LogP contribution in [0.4, 0.5) is 40.8 Å². The van der Waals surface area contributed by atoms with Crippen LogP contribution in [0.3, 0.4) is 0 Å². The molecule has 11 heteroatoms. The number of hydrogen-bond acceptors (Lipinski definition) is 6. The van der Waals surface area contributed by atoms with Gasteiger partial charge in [0.15, 0.2) is 5.82 Å². The van der Waals surface area contributed by atoms with E-state index in [0.717, 1.165) is 36.8 Å².